The van der Waals surface area contributed by atoms with Crippen LogP contribution < -0.4 is 0 Å². The minimum atomic E-state index is -1.14. The van der Waals surface area contributed by atoms with Crippen LogP contribution in [0.25, 0.3) is 0 Å². The summed E-state index contributed by atoms with van der Waals surface area (Å²) in [5.74, 6) is -0.344. The van der Waals surface area contributed by atoms with Gasteiger partial charge < -0.3 is 19.3 Å². The molecule has 1 saturated heterocycles. The lowest BCUT2D eigenvalue weighted by Crippen LogP contribution is -2.76. The Kier molecular flexibility index (Phi) is 2.64. The van der Waals surface area contributed by atoms with Gasteiger partial charge in [0.05, 0.1) is 30.3 Å². The molecule has 3 aliphatic carbocycles. The monoisotopic (exact) mass is 296 g/mol. The van der Waals surface area contributed by atoms with Crippen molar-refractivity contribution >= 4 is 11.8 Å². The number of fused-ring (bicyclic) bond motifs is 3. The van der Waals surface area contributed by atoms with Gasteiger partial charge in [0.1, 0.15) is 12.6 Å². The summed E-state index contributed by atoms with van der Waals surface area (Å²) >= 11 is 0. The van der Waals surface area contributed by atoms with Crippen molar-refractivity contribution in [3.8, 4) is 0 Å². The fraction of sp³-hybridized carbons (Fsp3) is 0.867. The lowest BCUT2D eigenvalue weighted by Gasteiger charge is -2.69. The number of ketones is 1. The maximum Gasteiger partial charge on any atom is 0.312 e. The predicted molar refractivity (Wildman–Crippen MR) is 69.1 cm³/mol. The van der Waals surface area contributed by atoms with Gasteiger partial charge in [0.25, 0.3) is 0 Å². The molecular weight excluding hydrogens is 276 g/mol. The molecule has 6 nitrogen and oxygen atoms in total. The highest BCUT2D eigenvalue weighted by molar-refractivity contribution is 5.90. The maximum atomic E-state index is 12.4. The van der Waals surface area contributed by atoms with Crippen molar-refractivity contribution in [1.82, 2.24) is 0 Å². The van der Waals surface area contributed by atoms with Crippen LogP contribution >= 0.6 is 0 Å². The summed E-state index contributed by atoms with van der Waals surface area (Å²) in [5.41, 5.74) is -2.61. The van der Waals surface area contributed by atoms with Gasteiger partial charge in [-0.2, -0.15) is 0 Å². The highest BCUT2D eigenvalue weighted by Gasteiger charge is 2.74. The highest BCUT2D eigenvalue weighted by atomic mass is 16.7. The molecule has 1 aliphatic heterocycles. The number of rotatable bonds is 1. The summed E-state index contributed by atoms with van der Waals surface area (Å²) in [7, 11) is 1.34. The first kappa shape index (κ1) is 13.7. The van der Waals surface area contributed by atoms with Crippen molar-refractivity contribution in [2.45, 2.75) is 43.3 Å². The van der Waals surface area contributed by atoms with Crippen molar-refractivity contribution in [1.29, 1.82) is 0 Å². The molecular formula is C15H20O6. The number of carbonyl (C=O) groups excluding carboxylic acids is 2. The second-order valence-corrected chi connectivity index (χ2v) is 7.19. The van der Waals surface area contributed by atoms with E-state index >= 15 is 0 Å². The van der Waals surface area contributed by atoms with Gasteiger partial charge in [-0.05, 0) is 19.3 Å². The zero-order valence-corrected chi connectivity index (χ0v) is 12.1. The molecule has 0 unspecified atom stereocenters. The number of ether oxygens (including phenoxy) is 3. The first-order valence-corrected chi connectivity index (χ1v) is 7.48. The van der Waals surface area contributed by atoms with Gasteiger partial charge in [-0.1, -0.05) is 0 Å². The maximum absolute atomic E-state index is 12.4. The Morgan fingerprint density at radius 3 is 2.90 bits per heavy atom. The van der Waals surface area contributed by atoms with E-state index < -0.39 is 22.6 Å². The Balaban J connectivity index is 1.78. The molecule has 3 saturated carbocycles. The molecule has 0 aromatic carbocycles. The number of carbonyl (C=O) groups is 2. The molecule has 4 fully saturated rings. The lowest BCUT2D eigenvalue weighted by molar-refractivity contribution is -0.353. The summed E-state index contributed by atoms with van der Waals surface area (Å²) in [6.07, 6.45) is 1.82. The molecule has 4 rings (SSSR count). The number of methoxy groups -OCH3 is 1. The summed E-state index contributed by atoms with van der Waals surface area (Å²) in [5, 5.41) is 11.1. The highest BCUT2D eigenvalue weighted by Crippen LogP contribution is 2.67. The Morgan fingerprint density at radius 1 is 1.38 bits per heavy atom. The third-order valence-corrected chi connectivity index (χ3v) is 6.10. The Hall–Kier alpha value is -0.980. The van der Waals surface area contributed by atoms with Crippen LogP contribution in [0.2, 0.25) is 0 Å². The van der Waals surface area contributed by atoms with E-state index in [0.717, 1.165) is 6.42 Å². The fourth-order valence-electron chi connectivity index (χ4n) is 5.40. The Morgan fingerprint density at radius 2 is 2.19 bits per heavy atom. The van der Waals surface area contributed by atoms with Gasteiger partial charge in [0.15, 0.2) is 0 Å². The van der Waals surface area contributed by atoms with Crippen LogP contribution in [0.1, 0.15) is 32.1 Å². The molecule has 116 valence electrons. The normalized spacial score (nSPS) is 51.4. The van der Waals surface area contributed by atoms with Crippen molar-refractivity contribution in [2.24, 2.45) is 17.3 Å². The van der Waals surface area contributed by atoms with Crippen LogP contribution in [-0.4, -0.2) is 48.6 Å². The molecule has 2 bridgehead atoms. The molecule has 4 aliphatic rings. The van der Waals surface area contributed by atoms with E-state index in [1.165, 1.54) is 7.11 Å². The van der Waals surface area contributed by atoms with Crippen LogP contribution in [-0.2, 0) is 23.8 Å². The molecule has 0 amide bonds. The summed E-state index contributed by atoms with van der Waals surface area (Å²) in [4.78, 5) is 24.5. The molecule has 0 aromatic heterocycles. The van der Waals surface area contributed by atoms with E-state index in [2.05, 4.69) is 0 Å². The third kappa shape index (κ3) is 1.58. The van der Waals surface area contributed by atoms with E-state index in [1.54, 1.807) is 0 Å². The minimum Gasteiger partial charge on any atom is -0.469 e. The molecule has 1 heterocycles. The van der Waals surface area contributed by atoms with Crippen LogP contribution in [0.3, 0.4) is 0 Å². The smallest absolute Gasteiger partial charge is 0.312 e. The van der Waals surface area contributed by atoms with E-state index in [9.17, 15) is 14.7 Å². The number of Topliss-reactive ketones (excluding diaryl/α,β-unsaturated/α-hetero) is 1. The average molecular weight is 296 g/mol. The van der Waals surface area contributed by atoms with Crippen molar-refractivity contribution in [3.05, 3.63) is 0 Å². The second-order valence-electron chi connectivity index (χ2n) is 7.19. The third-order valence-electron chi connectivity index (χ3n) is 6.10. The minimum absolute atomic E-state index is 0.0560. The zero-order valence-electron chi connectivity index (χ0n) is 12.1. The van der Waals surface area contributed by atoms with E-state index in [4.69, 9.17) is 14.2 Å². The standard InChI is InChI=1S/C15H20O6/c1-19-12(17)13-3-10(16)4-14(18,6-13)11-2-9-5-20-8-21-15(9,11)7-13/h9,11,18H,2-8H2,1H3/t9-,11-,13+,14-,15+/m0/s1. The fourth-order valence-corrected chi connectivity index (χ4v) is 5.40. The first-order chi connectivity index (χ1) is 9.94. The number of aliphatic hydroxyl groups is 1. The second kappa shape index (κ2) is 4.06. The van der Waals surface area contributed by atoms with Crippen LogP contribution in [0.4, 0.5) is 0 Å². The Bertz CT molecular complexity index is 518. The summed E-state index contributed by atoms with van der Waals surface area (Å²) in [6.45, 7) is 0.784. The first-order valence-electron chi connectivity index (χ1n) is 7.48. The molecule has 1 N–H and O–H groups in total. The molecule has 5 atom stereocenters. The molecule has 6 heteroatoms. The SMILES string of the molecule is COC(=O)[C@]12CC(=O)C[C@](O)(C1)[C@@H]1C[C@H]3COCO[C@]31C2. The average Bonchev–Trinajstić information content (AvgIpc) is 2.39. The van der Waals surface area contributed by atoms with E-state index in [0.29, 0.717) is 19.4 Å². The largest absolute Gasteiger partial charge is 0.469 e. The lowest BCUT2D eigenvalue weighted by atomic mass is 9.41. The molecule has 21 heavy (non-hydrogen) atoms. The van der Waals surface area contributed by atoms with Gasteiger partial charge in [-0.25, -0.2) is 0 Å². The number of hydrogen-bond acceptors (Lipinski definition) is 6. The van der Waals surface area contributed by atoms with Crippen LogP contribution in [0, 0.1) is 17.3 Å². The van der Waals surface area contributed by atoms with Gasteiger partial charge >= 0.3 is 5.97 Å². The van der Waals surface area contributed by atoms with E-state index in [-0.39, 0.29) is 37.3 Å². The van der Waals surface area contributed by atoms with Crippen molar-refractivity contribution in [3.63, 3.8) is 0 Å². The topological polar surface area (TPSA) is 82.1 Å². The summed E-state index contributed by atoms with van der Waals surface area (Å²) in [6, 6.07) is 0. The number of esters is 1. The van der Waals surface area contributed by atoms with Gasteiger partial charge in [0, 0.05) is 24.7 Å². The molecule has 0 radical (unpaired) electrons. The Labute approximate surface area is 122 Å². The van der Waals surface area contributed by atoms with Gasteiger partial charge in [-0.15, -0.1) is 0 Å². The van der Waals surface area contributed by atoms with Crippen LogP contribution in [0.5, 0.6) is 0 Å². The van der Waals surface area contributed by atoms with Crippen molar-refractivity contribution < 1.29 is 28.9 Å². The number of hydrogen-bond donors (Lipinski definition) is 1. The van der Waals surface area contributed by atoms with E-state index in [1.807, 2.05) is 0 Å². The molecule has 1 spiro atoms. The molecule has 0 aromatic rings. The van der Waals surface area contributed by atoms with Crippen LogP contribution in [0.15, 0.2) is 0 Å². The quantitative estimate of drug-likeness (QED) is 0.706. The van der Waals surface area contributed by atoms with Gasteiger partial charge in [0.2, 0.25) is 0 Å². The predicted octanol–water partition coefficient (Wildman–Crippen LogP) is 0.413. The van der Waals surface area contributed by atoms with Crippen molar-refractivity contribution in [2.75, 3.05) is 20.5 Å². The summed E-state index contributed by atoms with van der Waals surface area (Å²) < 4.78 is 16.2. The van der Waals surface area contributed by atoms with Gasteiger partial charge in [-0.3, -0.25) is 9.59 Å². The zero-order chi connectivity index (χ0) is 14.9.